The van der Waals surface area contributed by atoms with E-state index in [2.05, 4.69) is 5.32 Å². The van der Waals surface area contributed by atoms with Crippen molar-refractivity contribution in [2.75, 3.05) is 12.4 Å². The molecule has 3 aromatic rings. The van der Waals surface area contributed by atoms with Gasteiger partial charge in [0.1, 0.15) is 5.75 Å². The van der Waals surface area contributed by atoms with E-state index in [1.807, 2.05) is 48.5 Å². The number of para-hydroxylation sites is 1. The predicted molar refractivity (Wildman–Crippen MR) is 110 cm³/mol. The van der Waals surface area contributed by atoms with E-state index >= 15 is 0 Å². The number of carbonyl (C=O) groups is 1. The van der Waals surface area contributed by atoms with E-state index in [0.717, 1.165) is 11.1 Å². The van der Waals surface area contributed by atoms with Gasteiger partial charge in [-0.25, -0.2) is 0 Å². The third-order valence-corrected chi connectivity index (χ3v) is 4.31. The normalized spacial score (nSPS) is 11.4. The number of nitrogens with zero attached hydrogens (tertiary/aromatic N) is 1. The number of nitrogens with one attached hydrogen (secondary N) is 1. The number of amides is 1. The average Bonchev–Trinajstić information content (AvgIpc) is 2.74. The van der Waals surface area contributed by atoms with Crippen molar-refractivity contribution in [2.24, 2.45) is 0 Å². The first-order valence-corrected chi connectivity index (χ1v) is 8.94. The second-order valence-electron chi connectivity index (χ2n) is 6.25. The van der Waals surface area contributed by atoms with E-state index in [1.165, 1.54) is 32.2 Å². The fourth-order valence-electron chi connectivity index (χ4n) is 2.81. The van der Waals surface area contributed by atoms with Crippen LogP contribution in [0.5, 0.6) is 11.5 Å². The molecule has 0 aromatic heterocycles. The standard InChI is InChI=1S/C22H20N2O5/c1-15(29-21-13-12-17(28-2)14-20(21)24(26)27)22(25)23-19-11-7-6-10-18(19)16-8-4-3-5-9-16/h3-15H,1-2H3,(H,23,25). The topological polar surface area (TPSA) is 90.7 Å². The van der Waals surface area contributed by atoms with E-state index in [0.29, 0.717) is 11.4 Å². The predicted octanol–water partition coefficient (Wildman–Crippen LogP) is 4.68. The van der Waals surface area contributed by atoms with Gasteiger partial charge in [0.2, 0.25) is 0 Å². The van der Waals surface area contributed by atoms with E-state index < -0.39 is 16.9 Å². The first-order chi connectivity index (χ1) is 14.0. The van der Waals surface area contributed by atoms with Gasteiger partial charge in [0.15, 0.2) is 11.9 Å². The summed E-state index contributed by atoms with van der Waals surface area (Å²) in [6.07, 6.45) is -0.953. The highest BCUT2D eigenvalue weighted by molar-refractivity contribution is 5.98. The van der Waals surface area contributed by atoms with Crippen molar-refractivity contribution in [3.05, 3.63) is 82.9 Å². The van der Waals surface area contributed by atoms with Crippen LogP contribution in [0.4, 0.5) is 11.4 Å². The van der Waals surface area contributed by atoms with Crippen LogP contribution in [0.1, 0.15) is 6.92 Å². The molecule has 1 N–H and O–H groups in total. The number of anilines is 1. The highest BCUT2D eigenvalue weighted by Gasteiger charge is 2.22. The molecule has 3 aromatic carbocycles. The SMILES string of the molecule is COc1ccc(OC(C)C(=O)Nc2ccccc2-c2ccccc2)c([N+](=O)[O-])c1. The molecule has 7 heteroatoms. The molecule has 29 heavy (non-hydrogen) atoms. The van der Waals surface area contributed by atoms with Crippen LogP contribution in [0.3, 0.4) is 0 Å². The molecule has 1 atom stereocenters. The Labute approximate surface area is 168 Å². The van der Waals surface area contributed by atoms with Gasteiger partial charge in [-0.15, -0.1) is 0 Å². The minimum atomic E-state index is -0.953. The molecular formula is C22H20N2O5. The van der Waals surface area contributed by atoms with Gasteiger partial charge in [-0.05, 0) is 30.7 Å². The molecule has 0 saturated heterocycles. The maximum Gasteiger partial charge on any atom is 0.314 e. The Bertz CT molecular complexity index is 1020. The number of rotatable bonds is 7. The number of nitro benzene ring substituents is 1. The summed E-state index contributed by atoms with van der Waals surface area (Å²) in [5, 5.41) is 14.1. The van der Waals surface area contributed by atoms with Crippen molar-refractivity contribution >= 4 is 17.3 Å². The number of nitro groups is 1. The molecule has 0 bridgehead atoms. The molecule has 0 saturated carbocycles. The fourth-order valence-corrected chi connectivity index (χ4v) is 2.81. The third-order valence-electron chi connectivity index (χ3n) is 4.31. The summed E-state index contributed by atoms with van der Waals surface area (Å²) < 4.78 is 10.6. The number of hydrogen-bond donors (Lipinski definition) is 1. The smallest absolute Gasteiger partial charge is 0.314 e. The van der Waals surface area contributed by atoms with Crippen LogP contribution in [0.25, 0.3) is 11.1 Å². The van der Waals surface area contributed by atoms with Crippen LogP contribution in [0, 0.1) is 10.1 Å². The summed E-state index contributed by atoms with van der Waals surface area (Å²) in [6, 6.07) is 21.3. The van der Waals surface area contributed by atoms with Crippen LogP contribution in [0.2, 0.25) is 0 Å². The van der Waals surface area contributed by atoms with Gasteiger partial charge in [-0.2, -0.15) is 0 Å². The second-order valence-corrected chi connectivity index (χ2v) is 6.25. The Morgan fingerprint density at radius 2 is 1.72 bits per heavy atom. The largest absolute Gasteiger partial charge is 0.496 e. The number of ether oxygens (including phenoxy) is 2. The third kappa shape index (κ3) is 4.70. The van der Waals surface area contributed by atoms with Crippen LogP contribution >= 0.6 is 0 Å². The lowest BCUT2D eigenvalue weighted by atomic mass is 10.0. The van der Waals surface area contributed by atoms with Crippen LogP contribution in [-0.4, -0.2) is 24.0 Å². The number of methoxy groups -OCH3 is 1. The average molecular weight is 392 g/mol. The van der Waals surface area contributed by atoms with E-state index in [-0.39, 0.29) is 11.4 Å². The van der Waals surface area contributed by atoms with E-state index in [4.69, 9.17) is 9.47 Å². The van der Waals surface area contributed by atoms with Gasteiger partial charge in [-0.3, -0.25) is 14.9 Å². The molecule has 1 unspecified atom stereocenters. The van der Waals surface area contributed by atoms with Gasteiger partial charge in [0, 0.05) is 11.3 Å². The molecule has 0 aliphatic carbocycles. The first kappa shape index (κ1) is 19.9. The van der Waals surface area contributed by atoms with Gasteiger partial charge in [-0.1, -0.05) is 48.5 Å². The second kappa shape index (κ2) is 8.88. The number of carbonyl (C=O) groups excluding carboxylic acids is 1. The van der Waals surface area contributed by atoms with Gasteiger partial charge in [0.25, 0.3) is 5.91 Å². The summed E-state index contributed by atoms with van der Waals surface area (Å²) in [5.74, 6) is -0.0914. The van der Waals surface area contributed by atoms with E-state index in [9.17, 15) is 14.9 Å². The molecule has 0 aliphatic heterocycles. The Morgan fingerprint density at radius 3 is 2.41 bits per heavy atom. The van der Waals surface area contributed by atoms with Crippen LogP contribution in [0.15, 0.2) is 72.8 Å². The number of benzene rings is 3. The minimum absolute atomic E-state index is 0.00482. The molecule has 0 fully saturated rings. The Hall–Kier alpha value is -3.87. The highest BCUT2D eigenvalue weighted by atomic mass is 16.6. The Balaban J connectivity index is 1.79. The van der Waals surface area contributed by atoms with Crippen LogP contribution in [-0.2, 0) is 4.79 Å². The van der Waals surface area contributed by atoms with Crippen molar-refractivity contribution in [3.63, 3.8) is 0 Å². The number of hydrogen-bond acceptors (Lipinski definition) is 5. The maximum atomic E-state index is 12.7. The molecule has 0 spiro atoms. The summed E-state index contributed by atoms with van der Waals surface area (Å²) in [6.45, 7) is 1.54. The molecule has 0 heterocycles. The van der Waals surface area contributed by atoms with Gasteiger partial charge >= 0.3 is 5.69 Å². The molecular weight excluding hydrogens is 372 g/mol. The summed E-state index contributed by atoms with van der Waals surface area (Å²) in [7, 11) is 1.42. The monoisotopic (exact) mass is 392 g/mol. The van der Waals surface area contributed by atoms with Crippen LogP contribution < -0.4 is 14.8 Å². The molecule has 7 nitrogen and oxygen atoms in total. The fraction of sp³-hybridized carbons (Fsp3) is 0.136. The molecule has 3 rings (SSSR count). The van der Waals surface area contributed by atoms with Gasteiger partial charge in [0.05, 0.1) is 18.1 Å². The van der Waals surface area contributed by atoms with E-state index in [1.54, 1.807) is 6.07 Å². The lowest BCUT2D eigenvalue weighted by molar-refractivity contribution is -0.386. The Kier molecular flexibility index (Phi) is 6.09. The van der Waals surface area contributed by atoms with Crippen molar-refractivity contribution < 1.29 is 19.2 Å². The maximum absolute atomic E-state index is 12.7. The van der Waals surface area contributed by atoms with Crippen molar-refractivity contribution in [1.29, 1.82) is 0 Å². The first-order valence-electron chi connectivity index (χ1n) is 8.94. The summed E-state index contributed by atoms with van der Waals surface area (Å²) >= 11 is 0. The molecule has 0 radical (unpaired) electrons. The zero-order valence-corrected chi connectivity index (χ0v) is 16.0. The van der Waals surface area contributed by atoms with Crippen molar-refractivity contribution in [1.82, 2.24) is 0 Å². The summed E-state index contributed by atoms with van der Waals surface area (Å²) in [5.41, 5.74) is 2.18. The molecule has 148 valence electrons. The van der Waals surface area contributed by atoms with Crippen molar-refractivity contribution in [2.45, 2.75) is 13.0 Å². The van der Waals surface area contributed by atoms with Crippen molar-refractivity contribution in [3.8, 4) is 22.6 Å². The Morgan fingerprint density at radius 1 is 1.03 bits per heavy atom. The lowest BCUT2D eigenvalue weighted by Gasteiger charge is -2.17. The summed E-state index contributed by atoms with van der Waals surface area (Å²) in [4.78, 5) is 23.4. The quantitative estimate of drug-likeness (QED) is 0.466. The molecule has 1 amide bonds. The van der Waals surface area contributed by atoms with Gasteiger partial charge < -0.3 is 14.8 Å². The minimum Gasteiger partial charge on any atom is -0.496 e. The zero-order valence-electron chi connectivity index (χ0n) is 16.0. The highest BCUT2D eigenvalue weighted by Crippen LogP contribution is 2.32. The lowest BCUT2D eigenvalue weighted by Crippen LogP contribution is -2.30. The zero-order chi connectivity index (χ0) is 20.8. The molecule has 0 aliphatic rings.